The molecule has 1 saturated carbocycles. The highest BCUT2D eigenvalue weighted by Crippen LogP contribution is 2.37. The number of unbranched alkanes of at least 4 members (excludes halogenated alkanes) is 2. The third kappa shape index (κ3) is 3.46. The van der Waals surface area contributed by atoms with Gasteiger partial charge < -0.3 is 10.5 Å². The molecule has 0 spiro atoms. The van der Waals surface area contributed by atoms with E-state index in [1.807, 2.05) is 7.11 Å². The molecule has 16 heavy (non-hydrogen) atoms. The molecular weight excluding hydrogens is 198 g/mol. The Balaban J connectivity index is 2.44. The molecule has 96 valence electrons. The van der Waals surface area contributed by atoms with Crippen molar-refractivity contribution in [2.24, 2.45) is 11.7 Å². The fourth-order valence-corrected chi connectivity index (χ4v) is 2.85. The summed E-state index contributed by atoms with van der Waals surface area (Å²) in [5, 5.41) is 0. The Morgan fingerprint density at radius 1 is 1.31 bits per heavy atom. The Hall–Kier alpha value is -0.0800. The number of rotatable bonds is 6. The number of methoxy groups -OCH3 is 1. The lowest BCUT2D eigenvalue weighted by Gasteiger charge is -2.42. The summed E-state index contributed by atoms with van der Waals surface area (Å²) in [6.45, 7) is 4.57. The highest BCUT2D eigenvalue weighted by molar-refractivity contribution is 4.94. The molecule has 2 N–H and O–H groups in total. The minimum Gasteiger partial charge on any atom is -0.377 e. The molecule has 0 bridgehead atoms. The van der Waals surface area contributed by atoms with Crippen LogP contribution < -0.4 is 5.73 Å². The first-order valence-electron chi connectivity index (χ1n) is 6.95. The van der Waals surface area contributed by atoms with Gasteiger partial charge in [0.15, 0.2) is 0 Å². The van der Waals surface area contributed by atoms with Crippen LogP contribution in [0.25, 0.3) is 0 Å². The summed E-state index contributed by atoms with van der Waals surface area (Å²) in [4.78, 5) is 0. The van der Waals surface area contributed by atoms with Crippen LogP contribution in [0.3, 0.4) is 0 Å². The summed E-state index contributed by atoms with van der Waals surface area (Å²) in [6, 6.07) is 0.233. The molecule has 0 heterocycles. The van der Waals surface area contributed by atoms with Crippen molar-refractivity contribution in [1.29, 1.82) is 0 Å². The summed E-state index contributed by atoms with van der Waals surface area (Å²) < 4.78 is 5.79. The minimum absolute atomic E-state index is 0.0136. The number of nitrogens with two attached hydrogens (primary N) is 1. The van der Waals surface area contributed by atoms with Crippen LogP contribution in [0.15, 0.2) is 0 Å². The van der Waals surface area contributed by atoms with Crippen molar-refractivity contribution in [2.45, 2.75) is 76.9 Å². The second-order valence-corrected chi connectivity index (χ2v) is 5.55. The number of hydrogen-bond donors (Lipinski definition) is 1. The first kappa shape index (κ1) is 14.0. The quantitative estimate of drug-likeness (QED) is 0.705. The van der Waals surface area contributed by atoms with E-state index >= 15 is 0 Å². The lowest BCUT2D eigenvalue weighted by atomic mass is 9.74. The molecule has 1 fully saturated rings. The molecule has 1 aliphatic rings. The molecule has 1 aliphatic carbocycles. The average molecular weight is 227 g/mol. The lowest BCUT2D eigenvalue weighted by molar-refractivity contribution is -0.0680. The zero-order chi connectivity index (χ0) is 12.0. The van der Waals surface area contributed by atoms with Crippen molar-refractivity contribution < 1.29 is 4.74 Å². The second-order valence-electron chi connectivity index (χ2n) is 5.55. The zero-order valence-electron chi connectivity index (χ0n) is 11.3. The fourth-order valence-electron chi connectivity index (χ4n) is 2.85. The van der Waals surface area contributed by atoms with Crippen molar-refractivity contribution in [1.82, 2.24) is 0 Å². The maximum atomic E-state index is 6.36. The van der Waals surface area contributed by atoms with Gasteiger partial charge >= 0.3 is 0 Å². The summed E-state index contributed by atoms with van der Waals surface area (Å²) in [6.07, 6.45) is 9.78. The first-order valence-corrected chi connectivity index (χ1v) is 6.95. The van der Waals surface area contributed by atoms with Gasteiger partial charge in [-0.05, 0) is 38.0 Å². The van der Waals surface area contributed by atoms with Crippen LogP contribution in [-0.4, -0.2) is 18.8 Å². The standard InChI is InChI=1S/C14H29NO/c1-4-5-6-7-13(15)14(16-3)10-8-12(2)9-11-14/h12-13H,4-11,15H2,1-3H3. The smallest absolute Gasteiger partial charge is 0.0829 e. The Labute approximate surface area is 101 Å². The van der Waals surface area contributed by atoms with E-state index in [4.69, 9.17) is 10.5 Å². The van der Waals surface area contributed by atoms with Crippen LogP contribution in [0.4, 0.5) is 0 Å². The highest BCUT2D eigenvalue weighted by Gasteiger charge is 2.39. The molecule has 0 aromatic heterocycles. The average Bonchev–Trinajstić information content (AvgIpc) is 2.31. The minimum atomic E-state index is -0.0136. The molecule has 0 aliphatic heterocycles. The molecule has 0 amide bonds. The van der Waals surface area contributed by atoms with Gasteiger partial charge in [0.05, 0.1) is 5.60 Å². The van der Waals surface area contributed by atoms with Crippen LogP contribution in [0.1, 0.15) is 65.2 Å². The summed E-state index contributed by atoms with van der Waals surface area (Å²) >= 11 is 0. The van der Waals surface area contributed by atoms with E-state index in [0.29, 0.717) is 0 Å². The van der Waals surface area contributed by atoms with E-state index in [-0.39, 0.29) is 11.6 Å². The summed E-state index contributed by atoms with van der Waals surface area (Å²) in [7, 11) is 1.84. The highest BCUT2D eigenvalue weighted by atomic mass is 16.5. The van der Waals surface area contributed by atoms with Crippen LogP contribution in [0.2, 0.25) is 0 Å². The van der Waals surface area contributed by atoms with Crippen LogP contribution >= 0.6 is 0 Å². The molecule has 0 radical (unpaired) electrons. The topological polar surface area (TPSA) is 35.2 Å². The number of hydrogen-bond acceptors (Lipinski definition) is 2. The maximum Gasteiger partial charge on any atom is 0.0829 e. The van der Waals surface area contributed by atoms with Gasteiger partial charge in [0.25, 0.3) is 0 Å². The van der Waals surface area contributed by atoms with Crippen molar-refractivity contribution in [3.63, 3.8) is 0 Å². The van der Waals surface area contributed by atoms with E-state index < -0.39 is 0 Å². The third-order valence-electron chi connectivity index (χ3n) is 4.32. The monoisotopic (exact) mass is 227 g/mol. The van der Waals surface area contributed by atoms with Gasteiger partial charge in [-0.25, -0.2) is 0 Å². The predicted octanol–water partition coefficient (Wildman–Crippen LogP) is 3.49. The summed E-state index contributed by atoms with van der Waals surface area (Å²) in [5.74, 6) is 0.853. The van der Waals surface area contributed by atoms with Gasteiger partial charge in [-0.1, -0.05) is 33.1 Å². The van der Waals surface area contributed by atoms with Gasteiger partial charge in [-0.2, -0.15) is 0 Å². The number of ether oxygens (including phenoxy) is 1. The third-order valence-corrected chi connectivity index (χ3v) is 4.32. The van der Waals surface area contributed by atoms with E-state index in [1.165, 1.54) is 32.1 Å². The van der Waals surface area contributed by atoms with E-state index in [2.05, 4.69) is 13.8 Å². The molecule has 0 aromatic rings. The second kappa shape index (κ2) is 6.61. The maximum absolute atomic E-state index is 6.36. The molecule has 1 unspecified atom stereocenters. The van der Waals surface area contributed by atoms with Gasteiger partial charge in [0.1, 0.15) is 0 Å². The Bertz CT molecular complexity index is 185. The summed E-state index contributed by atoms with van der Waals surface area (Å²) in [5.41, 5.74) is 6.34. The van der Waals surface area contributed by atoms with Crippen LogP contribution in [0.5, 0.6) is 0 Å². The van der Waals surface area contributed by atoms with Crippen LogP contribution in [-0.2, 0) is 4.74 Å². The molecule has 1 rings (SSSR count). The van der Waals surface area contributed by atoms with Gasteiger partial charge in [-0.15, -0.1) is 0 Å². The van der Waals surface area contributed by atoms with Crippen molar-refractivity contribution >= 4 is 0 Å². The van der Waals surface area contributed by atoms with Gasteiger partial charge in [0, 0.05) is 13.2 Å². The van der Waals surface area contributed by atoms with Crippen LogP contribution in [0, 0.1) is 5.92 Å². The fraction of sp³-hybridized carbons (Fsp3) is 1.00. The molecule has 2 nitrogen and oxygen atoms in total. The van der Waals surface area contributed by atoms with E-state index in [1.54, 1.807) is 0 Å². The molecule has 0 aromatic carbocycles. The molecule has 2 heteroatoms. The first-order chi connectivity index (χ1) is 7.64. The van der Waals surface area contributed by atoms with E-state index in [9.17, 15) is 0 Å². The largest absolute Gasteiger partial charge is 0.377 e. The molecular formula is C14H29NO. The van der Waals surface area contributed by atoms with Gasteiger partial charge in [0.2, 0.25) is 0 Å². The van der Waals surface area contributed by atoms with Gasteiger partial charge in [-0.3, -0.25) is 0 Å². The SMILES string of the molecule is CCCCCC(N)C1(OC)CCC(C)CC1. The van der Waals surface area contributed by atoms with Crippen molar-refractivity contribution in [3.8, 4) is 0 Å². The Morgan fingerprint density at radius 2 is 1.94 bits per heavy atom. The zero-order valence-corrected chi connectivity index (χ0v) is 11.3. The Morgan fingerprint density at radius 3 is 2.44 bits per heavy atom. The lowest BCUT2D eigenvalue weighted by Crippen LogP contribution is -2.51. The normalized spacial score (nSPS) is 32.6. The van der Waals surface area contributed by atoms with Crippen molar-refractivity contribution in [2.75, 3.05) is 7.11 Å². The Kier molecular flexibility index (Phi) is 5.77. The van der Waals surface area contributed by atoms with Crippen molar-refractivity contribution in [3.05, 3.63) is 0 Å². The predicted molar refractivity (Wildman–Crippen MR) is 69.5 cm³/mol. The molecule has 0 saturated heterocycles. The molecule has 1 atom stereocenters. The van der Waals surface area contributed by atoms with E-state index in [0.717, 1.165) is 25.2 Å².